The molecule has 0 atom stereocenters. The average Bonchev–Trinajstić information content (AvgIpc) is 3.07. The summed E-state index contributed by atoms with van der Waals surface area (Å²) in [6, 6.07) is 19.4. The van der Waals surface area contributed by atoms with Crippen molar-refractivity contribution in [2.24, 2.45) is 0 Å². The number of carbonyl (C=O) groups excluding carboxylic acids is 1. The predicted octanol–water partition coefficient (Wildman–Crippen LogP) is 6.54. The summed E-state index contributed by atoms with van der Waals surface area (Å²) in [6.07, 6.45) is 1.75. The SMILES string of the molecule is Cc1ccc(CN2C(=O)C(=Cc3ccc(OCc4cccc([N+](=O)[O-])c4)c(Cl)c3)SC2=S)cc1. The van der Waals surface area contributed by atoms with E-state index in [1.54, 1.807) is 41.3 Å². The number of benzene rings is 3. The van der Waals surface area contributed by atoms with Gasteiger partial charge in [-0.1, -0.05) is 83.6 Å². The third kappa shape index (κ3) is 5.64. The summed E-state index contributed by atoms with van der Waals surface area (Å²) in [4.78, 5) is 25.5. The van der Waals surface area contributed by atoms with Crippen LogP contribution in [0.4, 0.5) is 5.69 Å². The van der Waals surface area contributed by atoms with Gasteiger partial charge in [-0.3, -0.25) is 19.8 Å². The van der Waals surface area contributed by atoms with Crippen LogP contribution in [0.3, 0.4) is 0 Å². The van der Waals surface area contributed by atoms with E-state index in [0.717, 1.165) is 16.7 Å². The Morgan fingerprint density at radius 2 is 1.88 bits per heavy atom. The first-order valence-corrected chi connectivity index (χ1v) is 11.9. The summed E-state index contributed by atoms with van der Waals surface area (Å²) in [5.41, 5.74) is 3.57. The van der Waals surface area contributed by atoms with Gasteiger partial charge in [0, 0.05) is 12.1 Å². The molecule has 0 aromatic heterocycles. The van der Waals surface area contributed by atoms with Gasteiger partial charge in [-0.15, -0.1) is 0 Å². The van der Waals surface area contributed by atoms with E-state index in [9.17, 15) is 14.9 Å². The van der Waals surface area contributed by atoms with E-state index in [-0.39, 0.29) is 18.2 Å². The zero-order valence-corrected chi connectivity index (χ0v) is 20.5. The number of nitrogens with zero attached hydrogens (tertiary/aromatic N) is 2. The number of nitro benzene ring substituents is 1. The van der Waals surface area contributed by atoms with Crippen molar-refractivity contribution in [2.75, 3.05) is 0 Å². The minimum atomic E-state index is -0.450. The zero-order chi connectivity index (χ0) is 24.2. The molecule has 0 aliphatic carbocycles. The molecule has 0 radical (unpaired) electrons. The Balaban J connectivity index is 1.44. The van der Waals surface area contributed by atoms with Crippen molar-refractivity contribution >= 4 is 57.6 Å². The van der Waals surface area contributed by atoms with Gasteiger partial charge in [0.2, 0.25) is 0 Å². The van der Waals surface area contributed by atoms with E-state index in [4.69, 9.17) is 28.6 Å². The minimum Gasteiger partial charge on any atom is -0.487 e. The lowest BCUT2D eigenvalue weighted by atomic mass is 10.1. The molecule has 1 amide bonds. The second kappa shape index (κ2) is 10.4. The second-order valence-corrected chi connectivity index (χ2v) is 9.74. The summed E-state index contributed by atoms with van der Waals surface area (Å²) in [5, 5.41) is 11.3. The molecule has 0 N–H and O–H groups in total. The first kappa shape index (κ1) is 23.9. The van der Waals surface area contributed by atoms with Gasteiger partial charge in [-0.25, -0.2) is 0 Å². The number of non-ortho nitro benzene ring substituents is 1. The molecule has 6 nitrogen and oxygen atoms in total. The fraction of sp³-hybridized carbons (Fsp3) is 0.120. The molecule has 1 saturated heterocycles. The monoisotopic (exact) mass is 510 g/mol. The summed E-state index contributed by atoms with van der Waals surface area (Å²) < 4.78 is 6.25. The number of nitro groups is 1. The van der Waals surface area contributed by atoms with Crippen LogP contribution in [0, 0.1) is 17.0 Å². The van der Waals surface area contributed by atoms with E-state index in [1.165, 1.54) is 23.9 Å². The average molecular weight is 511 g/mol. The number of hydrogen-bond donors (Lipinski definition) is 0. The number of aryl methyl sites for hydroxylation is 1. The summed E-state index contributed by atoms with van der Waals surface area (Å²) in [5.74, 6) is 0.301. The molecular weight excluding hydrogens is 492 g/mol. The number of hydrogen-bond acceptors (Lipinski definition) is 6. The number of thioether (sulfide) groups is 1. The number of amides is 1. The van der Waals surface area contributed by atoms with E-state index in [2.05, 4.69) is 0 Å². The van der Waals surface area contributed by atoms with Crippen molar-refractivity contribution in [3.8, 4) is 5.75 Å². The number of carbonyl (C=O) groups is 1. The number of rotatable bonds is 7. The molecule has 0 bridgehead atoms. The van der Waals surface area contributed by atoms with Crippen LogP contribution < -0.4 is 4.74 Å². The summed E-state index contributed by atoms with van der Waals surface area (Å²) in [7, 11) is 0. The van der Waals surface area contributed by atoms with Crippen LogP contribution >= 0.6 is 35.6 Å². The molecule has 4 rings (SSSR count). The van der Waals surface area contributed by atoms with Gasteiger partial charge >= 0.3 is 0 Å². The van der Waals surface area contributed by atoms with Crippen LogP contribution in [-0.4, -0.2) is 20.1 Å². The third-order valence-corrected chi connectivity index (χ3v) is 6.78. The molecule has 1 heterocycles. The lowest BCUT2D eigenvalue weighted by Crippen LogP contribution is -2.27. The molecule has 3 aromatic rings. The van der Waals surface area contributed by atoms with Gasteiger partial charge in [-0.05, 0) is 41.8 Å². The van der Waals surface area contributed by atoms with Crippen molar-refractivity contribution in [1.29, 1.82) is 0 Å². The maximum Gasteiger partial charge on any atom is 0.269 e. The third-order valence-electron chi connectivity index (χ3n) is 5.10. The molecule has 0 spiro atoms. The lowest BCUT2D eigenvalue weighted by molar-refractivity contribution is -0.384. The van der Waals surface area contributed by atoms with Crippen molar-refractivity contribution in [3.05, 3.63) is 109 Å². The van der Waals surface area contributed by atoms with E-state index < -0.39 is 4.92 Å². The molecular formula is C25H19ClN2O4S2. The van der Waals surface area contributed by atoms with Crippen molar-refractivity contribution < 1.29 is 14.5 Å². The molecule has 1 aliphatic rings. The number of halogens is 1. The highest BCUT2D eigenvalue weighted by Gasteiger charge is 2.32. The summed E-state index contributed by atoms with van der Waals surface area (Å²) in [6.45, 7) is 2.58. The molecule has 0 unspecified atom stereocenters. The highest BCUT2D eigenvalue weighted by Crippen LogP contribution is 2.35. The van der Waals surface area contributed by atoms with Crippen molar-refractivity contribution in [2.45, 2.75) is 20.1 Å². The largest absolute Gasteiger partial charge is 0.487 e. The van der Waals surface area contributed by atoms with E-state index in [0.29, 0.717) is 32.1 Å². The molecule has 34 heavy (non-hydrogen) atoms. The van der Waals surface area contributed by atoms with Gasteiger partial charge in [0.25, 0.3) is 11.6 Å². The van der Waals surface area contributed by atoms with E-state index in [1.807, 2.05) is 31.2 Å². The van der Waals surface area contributed by atoms with Gasteiger partial charge in [-0.2, -0.15) is 0 Å². The predicted molar refractivity (Wildman–Crippen MR) is 139 cm³/mol. The second-order valence-electron chi connectivity index (χ2n) is 7.66. The van der Waals surface area contributed by atoms with Crippen LogP contribution in [0.2, 0.25) is 5.02 Å². The van der Waals surface area contributed by atoms with Crippen LogP contribution in [0.25, 0.3) is 6.08 Å². The smallest absolute Gasteiger partial charge is 0.269 e. The maximum atomic E-state index is 12.9. The summed E-state index contributed by atoms with van der Waals surface area (Å²) >= 11 is 13.1. The minimum absolute atomic E-state index is 0.00207. The Morgan fingerprint density at radius 3 is 2.59 bits per heavy atom. The quantitative estimate of drug-likeness (QED) is 0.155. The lowest BCUT2D eigenvalue weighted by Gasteiger charge is -2.14. The van der Waals surface area contributed by atoms with Crippen LogP contribution in [0.5, 0.6) is 5.75 Å². The molecule has 0 saturated carbocycles. The Labute approximate surface area is 211 Å². The van der Waals surface area contributed by atoms with Crippen molar-refractivity contribution in [3.63, 3.8) is 0 Å². The van der Waals surface area contributed by atoms with Gasteiger partial charge in [0.1, 0.15) is 16.7 Å². The Bertz CT molecular complexity index is 1310. The zero-order valence-electron chi connectivity index (χ0n) is 18.1. The van der Waals surface area contributed by atoms with Crippen LogP contribution in [0.15, 0.2) is 71.6 Å². The topological polar surface area (TPSA) is 72.7 Å². The first-order valence-electron chi connectivity index (χ1n) is 10.3. The van der Waals surface area contributed by atoms with Gasteiger partial charge in [0.15, 0.2) is 0 Å². The van der Waals surface area contributed by atoms with Gasteiger partial charge in [0.05, 0.1) is 21.4 Å². The van der Waals surface area contributed by atoms with E-state index >= 15 is 0 Å². The number of ether oxygens (including phenoxy) is 1. The van der Waals surface area contributed by atoms with Crippen LogP contribution in [-0.2, 0) is 17.9 Å². The molecule has 172 valence electrons. The molecule has 1 aliphatic heterocycles. The first-order chi connectivity index (χ1) is 16.3. The van der Waals surface area contributed by atoms with Crippen LogP contribution in [0.1, 0.15) is 22.3 Å². The Kier molecular flexibility index (Phi) is 7.31. The van der Waals surface area contributed by atoms with Gasteiger partial charge < -0.3 is 4.74 Å². The fourth-order valence-corrected chi connectivity index (χ4v) is 4.81. The highest BCUT2D eigenvalue weighted by molar-refractivity contribution is 8.26. The van der Waals surface area contributed by atoms with Crippen molar-refractivity contribution in [1.82, 2.24) is 4.90 Å². The highest BCUT2D eigenvalue weighted by atomic mass is 35.5. The maximum absolute atomic E-state index is 12.9. The molecule has 1 fully saturated rings. The molecule has 9 heteroatoms. The fourth-order valence-electron chi connectivity index (χ4n) is 3.31. The normalized spacial score (nSPS) is 14.6. The number of thiocarbonyl (C=S) groups is 1. The Hall–Kier alpha value is -3.20. The Morgan fingerprint density at radius 1 is 1.12 bits per heavy atom. The molecule has 3 aromatic carbocycles. The standard InChI is InChI=1S/C25H19ClN2O4S2/c1-16-5-7-17(8-6-16)14-27-24(29)23(34-25(27)33)13-18-9-10-22(21(26)12-18)32-15-19-3-2-4-20(11-19)28(30)31/h2-13H,14-15H2,1H3.